The molecule has 0 spiro atoms. The van der Waals surface area contributed by atoms with Gasteiger partial charge in [0.05, 0.1) is 0 Å². The van der Waals surface area contributed by atoms with Gasteiger partial charge in [-0.3, -0.25) is 9.59 Å². The highest BCUT2D eigenvalue weighted by atomic mass is 16.1. The highest BCUT2D eigenvalue weighted by Gasteiger charge is 2.22. The van der Waals surface area contributed by atoms with Crippen molar-refractivity contribution in [1.82, 2.24) is 4.98 Å². The molecular weight excluding hydrogens is 228 g/mol. The SMILES string of the molecule is CC(=O)c1c(C)[nH]c(C(N)=O)c1-c1ccccc1. The first-order valence-electron chi connectivity index (χ1n) is 5.61. The number of H-pyrrole nitrogens is 1. The summed E-state index contributed by atoms with van der Waals surface area (Å²) < 4.78 is 0. The number of aromatic amines is 1. The van der Waals surface area contributed by atoms with Crippen LogP contribution in [-0.2, 0) is 0 Å². The second-order valence-electron chi connectivity index (χ2n) is 4.16. The Hall–Kier alpha value is -2.36. The smallest absolute Gasteiger partial charge is 0.265 e. The molecule has 0 aliphatic carbocycles. The monoisotopic (exact) mass is 242 g/mol. The van der Waals surface area contributed by atoms with Crippen LogP contribution in [0.2, 0.25) is 0 Å². The summed E-state index contributed by atoms with van der Waals surface area (Å²) in [4.78, 5) is 26.1. The molecule has 0 fully saturated rings. The Morgan fingerprint density at radius 1 is 1.17 bits per heavy atom. The number of aromatic nitrogens is 1. The minimum atomic E-state index is -0.565. The van der Waals surface area contributed by atoms with Crippen molar-refractivity contribution in [1.29, 1.82) is 0 Å². The lowest BCUT2D eigenvalue weighted by Crippen LogP contribution is -2.13. The molecule has 2 rings (SSSR count). The second-order valence-corrected chi connectivity index (χ2v) is 4.16. The Labute approximate surface area is 105 Å². The molecule has 0 aliphatic heterocycles. The van der Waals surface area contributed by atoms with Crippen LogP contribution in [0.4, 0.5) is 0 Å². The third-order valence-corrected chi connectivity index (χ3v) is 2.85. The maximum atomic E-state index is 11.7. The number of amides is 1. The maximum absolute atomic E-state index is 11.7. The van der Waals surface area contributed by atoms with Gasteiger partial charge in [-0.05, 0) is 19.4 Å². The van der Waals surface area contributed by atoms with Crippen LogP contribution >= 0.6 is 0 Å². The standard InChI is InChI=1S/C14H14N2O2/c1-8-11(9(2)17)12(13(16-8)14(15)18)10-6-4-3-5-7-10/h3-7,16H,1-2H3,(H2,15,18). The van der Waals surface area contributed by atoms with Gasteiger partial charge < -0.3 is 10.7 Å². The molecule has 1 amide bonds. The first kappa shape index (κ1) is 12.1. The normalized spacial score (nSPS) is 10.3. The first-order chi connectivity index (χ1) is 8.52. The molecule has 1 aromatic carbocycles. The van der Waals surface area contributed by atoms with Crippen molar-refractivity contribution in [2.75, 3.05) is 0 Å². The maximum Gasteiger partial charge on any atom is 0.265 e. The molecule has 2 aromatic rings. The fourth-order valence-corrected chi connectivity index (χ4v) is 2.14. The average molecular weight is 242 g/mol. The van der Waals surface area contributed by atoms with Gasteiger partial charge in [0, 0.05) is 16.8 Å². The topological polar surface area (TPSA) is 75.9 Å². The van der Waals surface area contributed by atoms with Gasteiger partial charge in [0.1, 0.15) is 5.69 Å². The summed E-state index contributed by atoms with van der Waals surface area (Å²) >= 11 is 0. The van der Waals surface area contributed by atoms with Crippen molar-refractivity contribution in [3.8, 4) is 11.1 Å². The van der Waals surface area contributed by atoms with E-state index in [1.807, 2.05) is 30.3 Å². The van der Waals surface area contributed by atoms with Gasteiger partial charge in [0.25, 0.3) is 5.91 Å². The Bertz CT molecular complexity index is 612. The van der Waals surface area contributed by atoms with Gasteiger partial charge in [-0.2, -0.15) is 0 Å². The zero-order valence-corrected chi connectivity index (χ0v) is 10.3. The third-order valence-electron chi connectivity index (χ3n) is 2.85. The zero-order valence-electron chi connectivity index (χ0n) is 10.3. The number of nitrogens with two attached hydrogens (primary N) is 1. The molecule has 0 radical (unpaired) electrons. The van der Waals surface area contributed by atoms with Crippen LogP contribution in [0.5, 0.6) is 0 Å². The molecule has 4 nitrogen and oxygen atoms in total. The van der Waals surface area contributed by atoms with Crippen molar-refractivity contribution in [3.05, 3.63) is 47.3 Å². The van der Waals surface area contributed by atoms with E-state index >= 15 is 0 Å². The summed E-state index contributed by atoms with van der Waals surface area (Å²) in [5, 5.41) is 0. The minimum Gasteiger partial charge on any atom is -0.364 e. The molecule has 3 N–H and O–H groups in total. The van der Waals surface area contributed by atoms with Gasteiger partial charge in [0.15, 0.2) is 5.78 Å². The summed E-state index contributed by atoms with van der Waals surface area (Å²) in [5.74, 6) is -0.653. The molecule has 0 bridgehead atoms. The number of rotatable bonds is 3. The highest BCUT2D eigenvalue weighted by Crippen LogP contribution is 2.30. The third kappa shape index (κ3) is 1.93. The molecule has 0 saturated carbocycles. The number of benzene rings is 1. The number of aryl methyl sites for hydroxylation is 1. The van der Waals surface area contributed by atoms with E-state index in [-0.39, 0.29) is 11.5 Å². The van der Waals surface area contributed by atoms with E-state index in [0.29, 0.717) is 16.8 Å². The van der Waals surface area contributed by atoms with Crippen molar-refractivity contribution in [2.24, 2.45) is 5.73 Å². The van der Waals surface area contributed by atoms with Gasteiger partial charge in [0.2, 0.25) is 0 Å². The van der Waals surface area contributed by atoms with Crippen LogP contribution in [0.3, 0.4) is 0 Å². The molecule has 1 aromatic heterocycles. The quantitative estimate of drug-likeness (QED) is 0.810. The molecule has 4 heteroatoms. The number of nitrogens with one attached hydrogen (secondary N) is 1. The number of primary amides is 1. The van der Waals surface area contributed by atoms with Gasteiger partial charge in [-0.25, -0.2) is 0 Å². The number of Topliss-reactive ketones (excluding diaryl/α,β-unsaturated/α-hetero) is 1. The Morgan fingerprint density at radius 3 is 2.28 bits per heavy atom. The Kier molecular flexibility index (Phi) is 3.02. The van der Waals surface area contributed by atoms with E-state index in [9.17, 15) is 9.59 Å². The lowest BCUT2D eigenvalue weighted by molar-refractivity contribution is 0.0995. The van der Waals surface area contributed by atoms with E-state index in [1.165, 1.54) is 6.92 Å². The van der Waals surface area contributed by atoms with Crippen LogP contribution in [-0.4, -0.2) is 16.7 Å². The molecule has 0 unspecified atom stereocenters. The van der Waals surface area contributed by atoms with E-state index < -0.39 is 5.91 Å². The van der Waals surface area contributed by atoms with Gasteiger partial charge in [-0.15, -0.1) is 0 Å². The number of carbonyl (C=O) groups excluding carboxylic acids is 2. The van der Waals surface area contributed by atoms with Crippen LogP contribution < -0.4 is 5.73 Å². The van der Waals surface area contributed by atoms with Crippen molar-refractivity contribution >= 4 is 11.7 Å². The van der Waals surface area contributed by atoms with E-state index in [4.69, 9.17) is 5.73 Å². The number of hydrogen-bond donors (Lipinski definition) is 2. The molecule has 18 heavy (non-hydrogen) atoms. The fourth-order valence-electron chi connectivity index (χ4n) is 2.14. The molecule has 0 aliphatic rings. The molecule has 0 atom stereocenters. The number of ketones is 1. The largest absolute Gasteiger partial charge is 0.364 e. The lowest BCUT2D eigenvalue weighted by Gasteiger charge is -2.04. The highest BCUT2D eigenvalue weighted by molar-refractivity contribution is 6.09. The molecule has 0 saturated heterocycles. The summed E-state index contributed by atoms with van der Waals surface area (Å²) in [7, 11) is 0. The van der Waals surface area contributed by atoms with E-state index in [0.717, 1.165) is 5.56 Å². The fraction of sp³-hybridized carbons (Fsp3) is 0.143. The Balaban J connectivity index is 2.78. The van der Waals surface area contributed by atoms with Crippen LogP contribution in [0.25, 0.3) is 11.1 Å². The minimum absolute atomic E-state index is 0.0879. The summed E-state index contributed by atoms with van der Waals surface area (Å²) in [6, 6.07) is 9.28. The van der Waals surface area contributed by atoms with E-state index in [1.54, 1.807) is 6.92 Å². The Morgan fingerprint density at radius 2 is 1.78 bits per heavy atom. The van der Waals surface area contributed by atoms with Crippen molar-refractivity contribution < 1.29 is 9.59 Å². The van der Waals surface area contributed by atoms with Crippen LogP contribution in [0, 0.1) is 6.92 Å². The number of hydrogen-bond acceptors (Lipinski definition) is 2. The predicted molar refractivity (Wildman–Crippen MR) is 69.5 cm³/mol. The van der Waals surface area contributed by atoms with Crippen molar-refractivity contribution in [3.63, 3.8) is 0 Å². The predicted octanol–water partition coefficient (Wildman–Crippen LogP) is 2.29. The average Bonchev–Trinajstić information content (AvgIpc) is 2.68. The second kappa shape index (κ2) is 4.49. The summed E-state index contributed by atoms with van der Waals surface area (Å²) in [6.07, 6.45) is 0. The lowest BCUT2D eigenvalue weighted by atomic mass is 9.98. The summed E-state index contributed by atoms with van der Waals surface area (Å²) in [6.45, 7) is 3.24. The first-order valence-corrected chi connectivity index (χ1v) is 5.61. The van der Waals surface area contributed by atoms with E-state index in [2.05, 4.69) is 4.98 Å². The zero-order chi connectivity index (χ0) is 13.3. The molecule has 92 valence electrons. The van der Waals surface area contributed by atoms with Gasteiger partial charge >= 0.3 is 0 Å². The van der Waals surface area contributed by atoms with Crippen LogP contribution in [0.15, 0.2) is 30.3 Å². The van der Waals surface area contributed by atoms with Crippen molar-refractivity contribution in [2.45, 2.75) is 13.8 Å². The summed E-state index contributed by atoms with van der Waals surface area (Å²) in [5.41, 5.74) is 8.22. The molecule has 1 heterocycles. The molecular formula is C14H14N2O2. The van der Waals surface area contributed by atoms with Crippen LogP contribution in [0.1, 0.15) is 33.5 Å². The number of carbonyl (C=O) groups is 2. The van der Waals surface area contributed by atoms with Gasteiger partial charge in [-0.1, -0.05) is 30.3 Å².